The third kappa shape index (κ3) is 0.476. The summed E-state index contributed by atoms with van der Waals surface area (Å²) in [6, 6.07) is -1.19. The Hall–Kier alpha value is -1.46. The van der Waals surface area contributed by atoms with Crippen LogP contribution in [0.1, 0.15) is 0 Å². The van der Waals surface area contributed by atoms with Gasteiger partial charge in [-0.2, -0.15) is 5.11 Å². The highest BCUT2D eigenvalue weighted by molar-refractivity contribution is 6.09. The van der Waals surface area contributed by atoms with Crippen LogP contribution in [0.3, 0.4) is 0 Å². The maximum atomic E-state index is 10.8. The number of hydrogen-bond donors (Lipinski definition) is 2. The number of fused-ring (bicyclic) bond motifs is 1. The molecule has 0 saturated carbocycles. The van der Waals surface area contributed by atoms with Gasteiger partial charge in [0.25, 0.3) is 11.8 Å². The molecule has 0 aromatic heterocycles. The molecule has 0 aromatic rings. The summed E-state index contributed by atoms with van der Waals surface area (Å²) in [5.74, 6) is -0.719. The van der Waals surface area contributed by atoms with Crippen LogP contribution in [0.2, 0.25) is 0 Å². The van der Waals surface area contributed by atoms with E-state index in [2.05, 4.69) is 21.1 Å². The lowest BCUT2D eigenvalue weighted by Gasteiger charge is -1.96. The highest BCUT2D eigenvalue weighted by atomic mass is 16.2. The fourth-order valence-corrected chi connectivity index (χ4v) is 0.974. The highest BCUT2D eigenvalue weighted by Gasteiger charge is 2.44. The fourth-order valence-electron chi connectivity index (χ4n) is 0.974. The molecule has 2 aliphatic rings. The first kappa shape index (κ1) is 5.33. The molecule has 0 radical (unpaired) electrons. The molecule has 1 saturated heterocycles. The van der Waals surface area contributed by atoms with Crippen molar-refractivity contribution in [1.29, 1.82) is 0 Å². The van der Waals surface area contributed by atoms with E-state index in [1.807, 2.05) is 0 Å². The Kier molecular flexibility index (Phi) is 0.814. The van der Waals surface area contributed by atoms with Gasteiger partial charge in [0, 0.05) is 0 Å². The summed E-state index contributed by atoms with van der Waals surface area (Å²) in [6.07, 6.45) is 0. The maximum Gasteiger partial charge on any atom is 0.256 e. The lowest BCUT2D eigenvalue weighted by molar-refractivity contribution is -0.125. The Balaban J connectivity index is 2.33. The molecule has 10 heavy (non-hydrogen) atoms. The van der Waals surface area contributed by atoms with E-state index in [4.69, 9.17) is 0 Å². The van der Waals surface area contributed by atoms with E-state index in [-0.39, 0.29) is 11.8 Å². The van der Waals surface area contributed by atoms with Crippen LogP contribution >= 0.6 is 0 Å². The minimum absolute atomic E-state index is 0.347. The van der Waals surface area contributed by atoms with Gasteiger partial charge in [0.2, 0.25) is 0 Å². The summed E-state index contributed by atoms with van der Waals surface area (Å²) in [5.41, 5.74) is 2.42. The van der Waals surface area contributed by atoms with Crippen molar-refractivity contribution in [3.63, 3.8) is 0 Å². The maximum absolute atomic E-state index is 10.8. The number of rotatable bonds is 0. The van der Waals surface area contributed by atoms with Crippen molar-refractivity contribution in [3.8, 4) is 0 Å². The topological polar surface area (TPSA) is 82.9 Å². The van der Waals surface area contributed by atoms with Crippen LogP contribution in [-0.2, 0) is 9.59 Å². The molecule has 0 aliphatic carbocycles. The molecule has 2 amide bonds. The molecule has 1 fully saturated rings. The number of carbonyl (C=O) groups excluding carboxylic acids is 2. The molecule has 6 nitrogen and oxygen atoms in total. The van der Waals surface area contributed by atoms with Gasteiger partial charge in [-0.3, -0.25) is 20.3 Å². The lowest BCUT2D eigenvalue weighted by atomic mass is 10.2. The summed E-state index contributed by atoms with van der Waals surface area (Å²) >= 11 is 0. The van der Waals surface area contributed by atoms with Crippen LogP contribution < -0.4 is 10.7 Å². The average Bonchev–Trinajstić information content (AvgIpc) is 2.39. The van der Waals surface area contributed by atoms with Crippen molar-refractivity contribution >= 4 is 11.8 Å². The van der Waals surface area contributed by atoms with Crippen LogP contribution in [0.15, 0.2) is 10.3 Å². The van der Waals surface area contributed by atoms with E-state index in [0.717, 1.165) is 0 Å². The number of nitrogens with zero attached hydrogens (tertiary/aromatic N) is 2. The van der Waals surface area contributed by atoms with E-state index < -0.39 is 12.1 Å². The molecule has 2 rings (SSSR count). The van der Waals surface area contributed by atoms with Gasteiger partial charge < -0.3 is 0 Å². The van der Waals surface area contributed by atoms with Crippen molar-refractivity contribution in [3.05, 3.63) is 0 Å². The molecule has 6 heteroatoms. The van der Waals surface area contributed by atoms with Crippen LogP contribution in [0.4, 0.5) is 0 Å². The zero-order chi connectivity index (χ0) is 7.14. The Labute approximate surface area is 55.7 Å². The van der Waals surface area contributed by atoms with Gasteiger partial charge in [0.1, 0.15) is 0 Å². The summed E-state index contributed by atoms with van der Waals surface area (Å²) in [6.45, 7) is 0. The van der Waals surface area contributed by atoms with Crippen molar-refractivity contribution < 1.29 is 9.59 Å². The van der Waals surface area contributed by atoms with Crippen LogP contribution in [-0.4, -0.2) is 23.9 Å². The second-order valence-corrected chi connectivity index (χ2v) is 2.12. The van der Waals surface area contributed by atoms with Gasteiger partial charge in [0.15, 0.2) is 12.1 Å². The minimum atomic E-state index is -0.632. The van der Waals surface area contributed by atoms with E-state index in [1.165, 1.54) is 0 Å². The fraction of sp³-hybridized carbons (Fsp3) is 0.500. The first-order chi connectivity index (χ1) is 4.79. The monoisotopic (exact) mass is 140 g/mol. The highest BCUT2D eigenvalue weighted by Crippen LogP contribution is 2.12. The van der Waals surface area contributed by atoms with Gasteiger partial charge in [-0.25, -0.2) is 0 Å². The van der Waals surface area contributed by atoms with E-state index in [1.54, 1.807) is 0 Å². The van der Waals surface area contributed by atoms with Crippen molar-refractivity contribution in [2.24, 2.45) is 10.3 Å². The van der Waals surface area contributed by atoms with Crippen LogP contribution in [0.25, 0.3) is 0 Å². The molecule has 2 aliphatic heterocycles. The molecular weight excluding hydrogens is 136 g/mol. The zero-order valence-electron chi connectivity index (χ0n) is 4.87. The second kappa shape index (κ2) is 1.53. The largest absolute Gasteiger partial charge is 0.292 e. The number of carbonyl (C=O) groups is 2. The zero-order valence-corrected chi connectivity index (χ0v) is 4.87. The SMILES string of the molecule is O=C1NC(=O)C2NN=NC12. The summed E-state index contributed by atoms with van der Waals surface area (Å²) in [4.78, 5) is 21.5. The number of imide groups is 1. The Morgan fingerprint density at radius 2 is 2.10 bits per heavy atom. The van der Waals surface area contributed by atoms with Gasteiger partial charge in [0.05, 0.1) is 0 Å². The Morgan fingerprint density at radius 3 is 2.80 bits per heavy atom. The van der Waals surface area contributed by atoms with E-state index in [9.17, 15) is 9.59 Å². The Bertz CT molecular complexity index is 235. The Morgan fingerprint density at radius 1 is 1.30 bits per heavy atom. The molecule has 2 atom stereocenters. The molecule has 52 valence electrons. The predicted octanol–water partition coefficient (Wildman–Crippen LogP) is -1.65. The molecular formula is C4H4N4O2. The molecule has 0 spiro atoms. The first-order valence-corrected chi connectivity index (χ1v) is 2.79. The third-order valence-corrected chi connectivity index (χ3v) is 1.49. The molecule has 0 bridgehead atoms. The normalized spacial score (nSPS) is 35.6. The van der Waals surface area contributed by atoms with E-state index in [0.29, 0.717) is 0 Å². The van der Waals surface area contributed by atoms with Gasteiger partial charge >= 0.3 is 0 Å². The van der Waals surface area contributed by atoms with Crippen LogP contribution in [0.5, 0.6) is 0 Å². The van der Waals surface area contributed by atoms with Gasteiger partial charge in [-0.1, -0.05) is 5.22 Å². The predicted molar refractivity (Wildman–Crippen MR) is 28.7 cm³/mol. The average molecular weight is 140 g/mol. The molecule has 2 heterocycles. The quantitative estimate of drug-likeness (QED) is 0.395. The first-order valence-electron chi connectivity index (χ1n) is 2.79. The molecule has 2 unspecified atom stereocenters. The van der Waals surface area contributed by atoms with Crippen molar-refractivity contribution in [1.82, 2.24) is 10.7 Å². The minimum Gasteiger partial charge on any atom is -0.292 e. The lowest BCUT2D eigenvalue weighted by Crippen LogP contribution is -2.34. The second-order valence-electron chi connectivity index (χ2n) is 2.12. The summed E-state index contributed by atoms with van der Waals surface area (Å²) in [7, 11) is 0. The van der Waals surface area contributed by atoms with E-state index >= 15 is 0 Å². The smallest absolute Gasteiger partial charge is 0.256 e. The van der Waals surface area contributed by atoms with Gasteiger partial charge in [-0.05, 0) is 0 Å². The summed E-state index contributed by atoms with van der Waals surface area (Å²) in [5, 5.41) is 9.00. The number of hydrogen-bond acceptors (Lipinski definition) is 5. The number of nitrogens with one attached hydrogen (secondary N) is 2. The molecule has 0 aromatic carbocycles. The van der Waals surface area contributed by atoms with Crippen molar-refractivity contribution in [2.75, 3.05) is 0 Å². The standard InChI is InChI=1S/C4H4N4O2/c9-3-1-2(4(10)5-3)7-8-6-1/h1-2H,(H,6,7)(H,5,9,10). The number of amides is 2. The summed E-state index contributed by atoms with van der Waals surface area (Å²) < 4.78 is 0. The van der Waals surface area contributed by atoms with Crippen molar-refractivity contribution in [2.45, 2.75) is 12.1 Å². The molecule has 2 N–H and O–H groups in total. The third-order valence-electron chi connectivity index (χ3n) is 1.49. The van der Waals surface area contributed by atoms with Gasteiger partial charge in [-0.15, -0.1) is 0 Å². The van der Waals surface area contributed by atoms with Crippen LogP contribution in [0, 0.1) is 0 Å².